The molecule has 0 aliphatic heterocycles. The smallest absolute Gasteiger partial charge is 0.271 e. The number of rotatable bonds is 5. The van der Waals surface area contributed by atoms with Gasteiger partial charge in [0.15, 0.2) is 0 Å². The summed E-state index contributed by atoms with van der Waals surface area (Å²) in [6.45, 7) is 0. The molecule has 6 nitrogen and oxygen atoms in total. The fourth-order valence-corrected chi connectivity index (χ4v) is 2.81. The van der Waals surface area contributed by atoms with Gasteiger partial charge in [-0.25, -0.2) is 0 Å². The molecule has 4 rings (SSSR count). The summed E-state index contributed by atoms with van der Waals surface area (Å²) in [4.78, 5) is 31.5. The van der Waals surface area contributed by atoms with Gasteiger partial charge in [0.05, 0.1) is 0 Å². The second kappa shape index (κ2) is 8.22. The second-order valence-corrected chi connectivity index (χ2v) is 6.26. The van der Waals surface area contributed by atoms with Crippen molar-refractivity contribution in [3.8, 4) is 22.6 Å². The summed E-state index contributed by atoms with van der Waals surface area (Å²) in [5.41, 5.74) is 1.81. The summed E-state index contributed by atoms with van der Waals surface area (Å²) in [6.07, 6.45) is 4.93. The lowest BCUT2D eigenvalue weighted by Gasteiger charge is -2.09. The summed E-state index contributed by atoms with van der Waals surface area (Å²) >= 11 is 0. The van der Waals surface area contributed by atoms with E-state index in [-0.39, 0.29) is 11.2 Å². The van der Waals surface area contributed by atoms with Crippen molar-refractivity contribution >= 4 is 11.6 Å². The van der Waals surface area contributed by atoms with E-state index in [1.165, 1.54) is 0 Å². The number of carbonyl (C=O) groups is 1. The molecule has 0 radical (unpaired) electrons. The number of aromatic amines is 1. The summed E-state index contributed by atoms with van der Waals surface area (Å²) in [5.74, 6) is 0.802. The lowest BCUT2D eigenvalue weighted by Crippen LogP contribution is -2.19. The summed E-state index contributed by atoms with van der Waals surface area (Å²) < 4.78 is 5.77. The molecule has 0 saturated heterocycles. The fraction of sp³-hybridized carbons (Fsp3) is 0. The number of para-hydroxylation sites is 1. The number of carbonyl (C=O) groups excluding carboxylic acids is 1. The molecule has 0 aliphatic rings. The van der Waals surface area contributed by atoms with E-state index in [1.54, 1.807) is 48.9 Å². The standard InChI is InChI=1S/C23H17N3O3/c27-22(17-5-4-8-20(13-17)29-19-6-2-1-3-7-19)26-21-14-18(15-25-23(21)28)16-9-11-24-12-10-16/h1-15H,(H,25,28)(H,26,27). The van der Waals surface area contributed by atoms with Crippen LogP contribution < -0.4 is 15.6 Å². The van der Waals surface area contributed by atoms with Gasteiger partial charge >= 0.3 is 0 Å². The molecule has 0 atom stereocenters. The minimum atomic E-state index is -0.402. The molecular formula is C23H17N3O3. The van der Waals surface area contributed by atoms with E-state index in [1.807, 2.05) is 42.5 Å². The SMILES string of the molecule is O=C(Nc1cc(-c2ccncc2)c[nH]c1=O)c1cccc(Oc2ccccc2)c1. The first kappa shape index (κ1) is 18.2. The molecule has 0 unspecified atom stereocenters. The molecule has 0 fully saturated rings. The number of nitrogens with one attached hydrogen (secondary N) is 2. The van der Waals surface area contributed by atoms with Crippen LogP contribution in [0.15, 0.2) is 96.2 Å². The Kier molecular flexibility index (Phi) is 5.16. The average Bonchev–Trinajstić information content (AvgIpc) is 2.77. The van der Waals surface area contributed by atoms with Crippen molar-refractivity contribution in [3.63, 3.8) is 0 Å². The van der Waals surface area contributed by atoms with Crippen molar-refractivity contribution < 1.29 is 9.53 Å². The predicted molar refractivity (Wildman–Crippen MR) is 111 cm³/mol. The Morgan fingerprint density at radius 2 is 1.62 bits per heavy atom. The molecule has 29 heavy (non-hydrogen) atoms. The van der Waals surface area contributed by atoms with Crippen molar-refractivity contribution in [1.29, 1.82) is 0 Å². The first-order valence-electron chi connectivity index (χ1n) is 8.96. The number of pyridine rings is 2. The molecule has 4 aromatic rings. The van der Waals surface area contributed by atoms with Crippen LogP contribution in [0.25, 0.3) is 11.1 Å². The minimum Gasteiger partial charge on any atom is -0.457 e. The summed E-state index contributed by atoms with van der Waals surface area (Å²) in [5, 5.41) is 2.67. The van der Waals surface area contributed by atoms with Crippen LogP contribution in [0.3, 0.4) is 0 Å². The third-order valence-electron chi connectivity index (χ3n) is 4.24. The van der Waals surface area contributed by atoms with Crippen molar-refractivity contribution in [3.05, 3.63) is 107 Å². The Morgan fingerprint density at radius 3 is 2.41 bits per heavy atom. The van der Waals surface area contributed by atoms with Crippen LogP contribution in [-0.4, -0.2) is 15.9 Å². The van der Waals surface area contributed by atoms with Gasteiger partial charge in [-0.05, 0) is 54.1 Å². The van der Waals surface area contributed by atoms with E-state index in [0.717, 1.165) is 11.1 Å². The lowest BCUT2D eigenvalue weighted by atomic mass is 10.1. The number of benzene rings is 2. The molecule has 6 heteroatoms. The van der Waals surface area contributed by atoms with Gasteiger partial charge in [0.25, 0.3) is 11.5 Å². The quantitative estimate of drug-likeness (QED) is 0.532. The van der Waals surface area contributed by atoms with E-state index in [2.05, 4.69) is 15.3 Å². The van der Waals surface area contributed by atoms with Gasteiger partial charge < -0.3 is 15.0 Å². The maximum atomic E-state index is 12.7. The maximum absolute atomic E-state index is 12.7. The van der Waals surface area contributed by atoms with Crippen LogP contribution in [-0.2, 0) is 0 Å². The van der Waals surface area contributed by atoms with Crippen LogP contribution >= 0.6 is 0 Å². The van der Waals surface area contributed by atoms with Crippen LogP contribution in [0, 0.1) is 0 Å². The Labute approximate surface area is 166 Å². The molecule has 0 aliphatic carbocycles. The second-order valence-electron chi connectivity index (χ2n) is 6.26. The number of ether oxygens (including phenoxy) is 1. The third kappa shape index (κ3) is 4.39. The largest absolute Gasteiger partial charge is 0.457 e. The highest BCUT2D eigenvalue weighted by atomic mass is 16.5. The number of nitrogens with zero attached hydrogens (tertiary/aromatic N) is 1. The number of aromatic nitrogens is 2. The van der Waals surface area contributed by atoms with Crippen molar-refractivity contribution in [2.45, 2.75) is 0 Å². The first-order chi connectivity index (χ1) is 14.2. The van der Waals surface area contributed by atoms with Crippen LogP contribution in [0.1, 0.15) is 10.4 Å². The molecule has 1 amide bonds. The molecule has 0 bridgehead atoms. The number of hydrogen-bond donors (Lipinski definition) is 2. The number of amides is 1. The number of anilines is 1. The van der Waals surface area contributed by atoms with Crippen molar-refractivity contribution in [2.75, 3.05) is 5.32 Å². The maximum Gasteiger partial charge on any atom is 0.271 e. The van der Waals surface area contributed by atoms with Crippen molar-refractivity contribution in [1.82, 2.24) is 9.97 Å². The van der Waals surface area contributed by atoms with E-state index >= 15 is 0 Å². The molecule has 2 aromatic carbocycles. The first-order valence-corrected chi connectivity index (χ1v) is 8.96. The van der Waals surface area contributed by atoms with Gasteiger partial charge in [0.2, 0.25) is 0 Å². The Hall–Kier alpha value is -4.19. The van der Waals surface area contributed by atoms with Gasteiger partial charge in [-0.1, -0.05) is 24.3 Å². The number of hydrogen-bond acceptors (Lipinski definition) is 4. The van der Waals surface area contributed by atoms with Gasteiger partial charge in [-0.2, -0.15) is 0 Å². The Balaban J connectivity index is 1.55. The van der Waals surface area contributed by atoms with E-state index in [4.69, 9.17) is 4.74 Å². The molecule has 2 N–H and O–H groups in total. The summed E-state index contributed by atoms with van der Waals surface area (Å²) in [7, 11) is 0. The van der Waals surface area contributed by atoms with E-state index < -0.39 is 5.91 Å². The molecule has 2 aromatic heterocycles. The molecular weight excluding hydrogens is 366 g/mol. The lowest BCUT2D eigenvalue weighted by molar-refractivity contribution is 0.102. The van der Waals surface area contributed by atoms with Crippen LogP contribution in [0.2, 0.25) is 0 Å². The molecule has 142 valence electrons. The zero-order valence-electron chi connectivity index (χ0n) is 15.3. The highest BCUT2D eigenvalue weighted by Crippen LogP contribution is 2.23. The fourth-order valence-electron chi connectivity index (χ4n) is 2.81. The van der Waals surface area contributed by atoms with Gasteiger partial charge in [0.1, 0.15) is 17.2 Å². The zero-order chi connectivity index (χ0) is 20.1. The minimum absolute atomic E-state index is 0.165. The third-order valence-corrected chi connectivity index (χ3v) is 4.24. The molecule has 2 heterocycles. The average molecular weight is 383 g/mol. The highest BCUT2D eigenvalue weighted by molar-refractivity contribution is 6.04. The van der Waals surface area contributed by atoms with E-state index in [9.17, 15) is 9.59 Å². The highest BCUT2D eigenvalue weighted by Gasteiger charge is 2.11. The normalized spacial score (nSPS) is 10.3. The van der Waals surface area contributed by atoms with Gasteiger partial charge in [0, 0.05) is 29.7 Å². The number of H-pyrrole nitrogens is 1. The Bertz CT molecular complexity index is 1190. The van der Waals surface area contributed by atoms with Gasteiger partial charge in [-0.3, -0.25) is 14.6 Å². The topological polar surface area (TPSA) is 84.1 Å². The van der Waals surface area contributed by atoms with E-state index in [0.29, 0.717) is 17.1 Å². The Morgan fingerprint density at radius 1 is 0.862 bits per heavy atom. The monoisotopic (exact) mass is 383 g/mol. The predicted octanol–water partition coefficient (Wildman–Crippen LogP) is 4.48. The molecule has 0 spiro atoms. The van der Waals surface area contributed by atoms with Crippen LogP contribution in [0.5, 0.6) is 11.5 Å². The zero-order valence-corrected chi connectivity index (χ0v) is 15.3. The van der Waals surface area contributed by atoms with Crippen molar-refractivity contribution in [2.24, 2.45) is 0 Å². The molecule has 0 saturated carbocycles. The van der Waals surface area contributed by atoms with Crippen LogP contribution in [0.4, 0.5) is 5.69 Å². The summed E-state index contributed by atoms with van der Waals surface area (Å²) in [6, 6.07) is 21.4. The van der Waals surface area contributed by atoms with Gasteiger partial charge in [-0.15, -0.1) is 0 Å².